The van der Waals surface area contributed by atoms with Crippen LogP contribution in [0.15, 0.2) is 18.1 Å². The molecule has 3 rings (SSSR count). The van der Waals surface area contributed by atoms with Crippen molar-refractivity contribution in [2.24, 2.45) is 5.41 Å². The number of fused-ring (bicyclic) bond motifs is 2. The summed E-state index contributed by atoms with van der Waals surface area (Å²) in [4.78, 5) is 17.8. The van der Waals surface area contributed by atoms with Crippen LogP contribution in [-0.4, -0.2) is 28.5 Å². The number of allylic oxidation sites excluding steroid dienone is 1. The molecule has 0 spiro atoms. The van der Waals surface area contributed by atoms with Crippen molar-refractivity contribution in [3.8, 4) is 11.8 Å². The van der Waals surface area contributed by atoms with Crippen molar-refractivity contribution >= 4 is 5.94 Å². The van der Waals surface area contributed by atoms with E-state index >= 15 is 0 Å². The number of nitriles is 1. The summed E-state index contributed by atoms with van der Waals surface area (Å²) in [6.45, 7) is 5.20. The molecule has 22 heavy (non-hydrogen) atoms. The lowest BCUT2D eigenvalue weighted by Crippen LogP contribution is -2.39. The summed E-state index contributed by atoms with van der Waals surface area (Å²) in [7, 11) is 0. The van der Waals surface area contributed by atoms with E-state index in [-0.39, 0.29) is 11.5 Å². The minimum atomic E-state index is -0.193. The summed E-state index contributed by atoms with van der Waals surface area (Å²) < 4.78 is 5.91. The van der Waals surface area contributed by atoms with Gasteiger partial charge in [-0.2, -0.15) is 5.26 Å². The molecule has 0 amide bonds. The zero-order chi connectivity index (χ0) is 15.7. The van der Waals surface area contributed by atoms with Gasteiger partial charge in [-0.1, -0.05) is 20.3 Å². The lowest BCUT2D eigenvalue weighted by atomic mass is 9.85. The first-order chi connectivity index (χ1) is 10.6. The van der Waals surface area contributed by atoms with Gasteiger partial charge in [0.15, 0.2) is 0 Å². The SMILES string of the molecule is CC1(C)CCC[C@@H]2COc3c(C#N)cncc3CN2C1=C=O. The zero-order valence-corrected chi connectivity index (χ0v) is 12.9. The third-order valence-corrected chi connectivity index (χ3v) is 4.66. The van der Waals surface area contributed by atoms with Crippen LogP contribution in [-0.2, 0) is 11.3 Å². The lowest BCUT2D eigenvalue weighted by molar-refractivity contribution is 0.164. The molecule has 0 unspecified atom stereocenters. The summed E-state index contributed by atoms with van der Waals surface area (Å²) >= 11 is 0. The molecule has 0 bridgehead atoms. The van der Waals surface area contributed by atoms with Crippen molar-refractivity contribution in [1.29, 1.82) is 5.26 Å². The summed E-state index contributed by atoms with van der Waals surface area (Å²) in [5, 5.41) is 9.22. The summed E-state index contributed by atoms with van der Waals surface area (Å²) in [5.74, 6) is 2.78. The molecule has 1 saturated heterocycles. The van der Waals surface area contributed by atoms with Crippen molar-refractivity contribution in [1.82, 2.24) is 9.88 Å². The number of nitrogens with zero attached hydrogens (tertiary/aromatic N) is 3. The Morgan fingerprint density at radius 2 is 2.27 bits per heavy atom. The normalized spacial score (nSPS) is 23.0. The second-order valence-electron chi connectivity index (χ2n) is 6.61. The summed E-state index contributed by atoms with van der Waals surface area (Å²) in [6, 6.07) is 2.26. The fraction of sp³-hybridized carbons (Fsp3) is 0.529. The molecule has 2 aliphatic heterocycles. The predicted octanol–water partition coefficient (Wildman–Crippen LogP) is 2.44. The maximum Gasteiger partial charge on any atom is 0.146 e. The highest BCUT2D eigenvalue weighted by molar-refractivity contribution is 5.55. The Morgan fingerprint density at radius 3 is 3.00 bits per heavy atom. The maximum absolute atomic E-state index is 11.6. The molecule has 3 heterocycles. The lowest BCUT2D eigenvalue weighted by Gasteiger charge is -2.34. The highest BCUT2D eigenvalue weighted by atomic mass is 16.5. The van der Waals surface area contributed by atoms with E-state index in [1.807, 2.05) is 0 Å². The second-order valence-corrected chi connectivity index (χ2v) is 6.61. The highest BCUT2D eigenvalue weighted by Gasteiger charge is 2.38. The molecule has 5 nitrogen and oxygen atoms in total. The number of ether oxygens (including phenoxy) is 1. The van der Waals surface area contributed by atoms with Crippen molar-refractivity contribution in [2.75, 3.05) is 6.61 Å². The monoisotopic (exact) mass is 297 g/mol. The molecule has 1 aromatic heterocycles. The van der Waals surface area contributed by atoms with Gasteiger partial charge in [-0.15, -0.1) is 0 Å². The van der Waals surface area contributed by atoms with E-state index in [0.717, 1.165) is 24.8 Å². The van der Waals surface area contributed by atoms with E-state index in [2.05, 4.69) is 35.7 Å². The Morgan fingerprint density at radius 1 is 1.45 bits per heavy atom. The van der Waals surface area contributed by atoms with Gasteiger partial charge in [0.05, 0.1) is 6.04 Å². The summed E-state index contributed by atoms with van der Waals surface area (Å²) in [6.07, 6.45) is 6.23. The number of hydrogen-bond donors (Lipinski definition) is 0. The van der Waals surface area contributed by atoms with Crippen LogP contribution in [0.2, 0.25) is 0 Å². The van der Waals surface area contributed by atoms with Crippen LogP contribution in [0.25, 0.3) is 0 Å². The molecule has 1 atom stereocenters. The van der Waals surface area contributed by atoms with Crippen LogP contribution in [0.3, 0.4) is 0 Å². The molecule has 114 valence electrons. The number of carbonyl (C=O) groups excluding carboxylic acids is 1. The van der Waals surface area contributed by atoms with Crippen LogP contribution < -0.4 is 4.74 Å². The van der Waals surface area contributed by atoms with Crippen molar-refractivity contribution < 1.29 is 9.53 Å². The van der Waals surface area contributed by atoms with E-state index in [1.54, 1.807) is 6.20 Å². The fourth-order valence-electron chi connectivity index (χ4n) is 3.42. The molecule has 1 aromatic rings. The van der Waals surface area contributed by atoms with Gasteiger partial charge in [0.2, 0.25) is 0 Å². The van der Waals surface area contributed by atoms with Gasteiger partial charge in [0.25, 0.3) is 0 Å². The third kappa shape index (κ3) is 2.36. The fourth-order valence-corrected chi connectivity index (χ4v) is 3.42. The average Bonchev–Trinajstić information content (AvgIpc) is 2.73. The zero-order valence-electron chi connectivity index (χ0n) is 12.9. The Labute approximate surface area is 130 Å². The molecule has 0 aliphatic carbocycles. The van der Waals surface area contributed by atoms with Crippen molar-refractivity contribution in [3.63, 3.8) is 0 Å². The Bertz CT molecular complexity index is 684. The van der Waals surface area contributed by atoms with Crippen LogP contribution in [0.1, 0.15) is 44.2 Å². The van der Waals surface area contributed by atoms with Gasteiger partial charge in [0.1, 0.15) is 35.6 Å². The smallest absolute Gasteiger partial charge is 0.146 e. The largest absolute Gasteiger partial charge is 0.490 e. The van der Waals surface area contributed by atoms with Crippen LogP contribution in [0.4, 0.5) is 0 Å². The molecule has 2 aliphatic rings. The number of rotatable bonds is 0. The Kier molecular flexibility index (Phi) is 3.64. The first-order valence-electron chi connectivity index (χ1n) is 7.59. The van der Waals surface area contributed by atoms with Crippen molar-refractivity contribution in [3.05, 3.63) is 29.2 Å². The quantitative estimate of drug-likeness (QED) is 0.688. The van der Waals surface area contributed by atoms with E-state index in [4.69, 9.17) is 4.74 Å². The van der Waals surface area contributed by atoms with E-state index in [9.17, 15) is 10.1 Å². The minimum absolute atomic E-state index is 0.136. The highest BCUT2D eigenvalue weighted by Crippen LogP contribution is 2.41. The number of hydrogen-bond acceptors (Lipinski definition) is 5. The van der Waals surface area contributed by atoms with Gasteiger partial charge < -0.3 is 9.64 Å². The first kappa shape index (κ1) is 14.6. The minimum Gasteiger partial charge on any atom is -0.490 e. The molecule has 0 radical (unpaired) electrons. The predicted molar refractivity (Wildman–Crippen MR) is 80.6 cm³/mol. The molecule has 0 aromatic carbocycles. The molecule has 5 heteroatoms. The molecule has 0 N–H and O–H groups in total. The van der Waals surface area contributed by atoms with Crippen LogP contribution in [0, 0.1) is 16.7 Å². The molecular formula is C17H19N3O2. The topological polar surface area (TPSA) is 66.2 Å². The molecule has 0 saturated carbocycles. The Hall–Kier alpha value is -2.31. The van der Waals surface area contributed by atoms with Gasteiger partial charge in [0, 0.05) is 29.9 Å². The second kappa shape index (κ2) is 5.47. The van der Waals surface area contributed by atoms with Gasteiger partial charge >= 0.3 is 0 Å². The van der Waals surface area contributed by atoms with Gasteiger partial charge in [-0.05, 0) is 12.8 Å². The van der Waals surface area contributed by atoms with Crippen LogP contribution >= 0.6 is 0 Å². The standard InChI is InChI=1S/C17H19N3O2/c1-17(2)5-3-4-14-11-22-16-12(6-18)7-19-8-13(16)9-20(14)15(17)10-21/h7-8,14H,3-5,9,11H2,1-2H3/t14-/m1/s1. The number of aromatic nitrogens is 1. The average molecular weight is 297 g/mol. The van der Waals surface area contributed by atoms with Gasteiger partial charge in [-0.25, -0.2) is 4.79 Å². The van der Waals surface area contributed by atoms with Crippen molar-refractivity contribution in [2.45, 2.75) is 45.7 Å². The van der Waals surface area contributed by atoms with Crippen LogP contribution in [0.5, 0.6) is 5.75 Å². The third-order valence-electron chi connectivity index (χ3n) is 4.66. The summed E-state index contributed by atoms with van der Waals surface area (Å²) in [5.41, 5.74) is 1.81. The Balaban J connectivity index is 2.06. The molecular weight excluding hydrogens is 278 g/mol. The maximum atomic E-state index is 11.6. The van der Waals surface area contributed by atoms with E-state index < -0.39 is 0 Å². The van der Waals surface area contributed by atoms with E-state index in [1.165, 1.54) is 6.20 Å². The van der Waals surface area contributed by atoms with Gasteiger partial charge in [-0.3, -0.25) is 4.98 Å². The first-order valence-corrected chi connectivity index (χ1v) is 7.59. The molecule has 1 fully saturated rings. The van der Waals surface area contributed by atoms with E-state index in [0.29, 0.717) is 30.2 Å². The number of pyridine rings is 1.